The Balaban J connectivity index is 2.03. The van der Waals surface area contributed by atoms with Gasteiger partial charge in [0, 0.05) is 5.70 Å². The first-order chi connectivity index (χ1) is 9.16. The molecule has 0 saturated carbocycles. The number of fused-ring (bicyclic) bond motifs is 1. The van der Waals surface area contributed by atoms with Crippen LogP contribution in [0.25, 0.3) is 0 Å². The molecule has 0 saturated heterocycles. The first-order valence-electron chi connectivity index (χ1n) is 5.89. The Labute approximate surface area is 110 Å². The van der Waals surface area contributed by atoms with Crippen LogP contribution in [0.15, 0.2) is 65.8 Å². The van der Waals surface area contributed by atoms with Crippen LogP contribution in [0.5, 0.6) is 0 Å². The van der Waals surface area contributed by atoms with Gasteiger partial charge in [-0.2, -0.15) is 4.99 Å². The van der Waals surface area contributed by atoms with Crippen molar-refractivity contribution in [1.82, 2.24) is 0 Å². The van der Waals surface area contributed by atoms with Gasteiger partial charge in [-0.25, -0.2) is 9.18 Å². The number of allylic oxidation sites excluding steroid dienone is 4. The van der Waals surface area contributed by atoms with Gasteiger partial charge >= 0.3 is 6.03 Å². The van der Waals surface area contributed by atoms with E-state index in [9.17, 15) is 9.18 Å². The molecule has 3 nitrogen and oxygen atoms in total. The van der Waals surface area contributed by atoms with Crippen LogP contribution in [0.1, 0.15) is 0 Å². The highest BCUT2D eigenvalue weighted by molar-refractivity contribution is 6.14. The summed E-state index contributed by atoms with van der Waals surface area (Å²) in [4.78, 5) is 17.5. The summed E-state index contributed by atoms with van der Waals surface area (Å²) in [7, 11) is 0. The van der Waals surface area contributed by atoms with Crippen LogP contribution in [-0.4, -0.2) is 11.7 Å². The van der Waals surface area contributed by atoms with Gasteiger partial charge in [0.05, 0.1) is 17.3 Å². The highest BCUT2D eigenvalue weighted by atomic mass is 19.1. The molecule has 0 bridgehead atoms. The summed E-state index contributed by atoms with van der Waals surface area (Å²) in [5.41, 5.74) is 1.89. The standard InChI is InChI=1S/C15H11FN2O/c1-10-13-4-2-3-5-14(13)17-15(19)18(10)12-8-6-11(16)7-9-12/h2-9,13H,1H2. The monoisotopic (exact) mass is 254 g/mol. The zero-order chi connectivity index (χ0) is 13.4. The Kier molecular flexibility index (Phi) is 2.63. The van der Waals surface area contributed by atoms with Crippen LogP contribution in [0.4, 0.5) is 14.9 Å². The van der Waals surface area contributed by atoms with Crippen molar-refractivity contribution in [3.8, 4) is 0 Å². The zero-order valence-corrected chi connectivity index (χ0v) is 10.1. The first-order valence-corrected chi connectivity index (χ1v) is 5.89. The van der Waals surface area contributed by atoms with Crippen molar-refractivity contribution in [2.24, 2.45) is 10.9 Å². The molecule has 1 heterocycles. The highest BCUT2D eigenvalue weighted by Gasteiger charge is 2.31. The van der Waals surface area contributed by atoms with Crippen LogP contribution in [0.3, 0.4) is 0 Å². The average molecular weight is 254 g/mol. The van der Waals surface area contributed by atoms with Crippen LogP contribution in [-0.2, 0) is 0 Å². The second-order valence-electron chi connectivity index (χ2n) is 4.34. The van der Waals surface area contributed by atoms with Crippen molar-refractivity contribution in [3.05, 3.63) is 66.7 Å². The number of benzene rings is 1. The molecule has 1 aromatic rings. The molecule has 2 amide bonds. The molecule has 4 heteroatoms. The molecule has 2 aliphatic rings. The number of amides is 2. The van der Waals surface area contributed by atoms with E-state index in [0.29, 0.717) is 17.1 Å². The Bertz CT molecular complexity index is 641. The van der Waals surface area contributed by atoms with Gasteiger partial charge in [-0.1, -0.05) is 24.8 Å². The molecule has 0 radical (unpaired) electrons. The molecule has 1 aliphatic heterocycles. The number of halogens is 1. The maximum Gasteiger partial charge on any atom is 0.352 e. The minimum atomic E-state index is -0.400. The summed E-state index contributed by atoms with van der Waals surface area (Å²) in [5.74, 6) is -0.448. The van der Waals surface area contributed by atoms with E-state index >= 15 is 0 Å². The topological polar surface area (TPSA) is 32.7 Å². The largest absolute Gasteiger partial charge is 0.352 e. The molecule has 1 aliphatic carbocycles. The number of anilines is 1. The average Bonchev–Trinajstić information content (AvgIpc) is 2.41. The normalized spacial score (nSPS) is 21.4. The first kappa shape index (κ1) is 11.6. The summed E-state index contributed by atoms with van der Waals surface area (Å²) in [6.07, 6.45) is 7.47. The molecule has 19 heavy (non-hydrogen) atoms. The number of nitrogens with zero attached hydrogens (tertiary/aromatic N) is 2. The van der Waals surface area contributed by atoms with Crippen LogP contribution in [0, 0.1) is 11.7 Å². The third kappa shape index (κ3) is 1.91. The summed E-state index contributed by atoms with van der Waals surface area (Å²) in [5, 5.41) is 0. The lowest BCUT2D eigenvalue weighted by molar-refractivity contribution is 0.254. The van der Waals surface area contributed by atoms with E-state index in [1.807, 2.05) is 18.2 Å². The van der Waals surface area contributed by atoms with Crippen molar-refractivity contribution >= 4 is 17.4 Å². The van der Waals surface area contributed by atoms with Crippen molar-refractivity contribution in [3.63, 3.8) is 0 Å². The molecule has 0 N–H and O–H groups in total. The van der Waals surface area contributed by atoms with Crippen molar-refractivity contribution in [1.29, 1.82) is 0 Å². The fourth-order valence-corrected chi connectivity index (χ4v) is 2.21. The maximum atomic E-state index is 12.9. The lowest BCUT2D eigenvalue weighted by Gasteiger charge is -2.32. The van der Waals surface area contributed by atoms with Gasteiger partial charge in [-0.05, 0) is 30.3 Å². The van der Waals surface area contributed by atoms with Crippen molar-refractivity contribution in [2.75, 3.05) is 4.90 Å². The van der Waals surface area contributed by atoms with E-state index in [0.717, 1.165) is 0 Å². The van der Waals surface area contributed by atoms with E-state index in [2.05, 4.69) is 11.6 Å². The second-order valence-corrected chi connectivity index (χ2v) is 4.34. The van der Waals surface area contributed by atoms with E-state index in [1.165, 1.54) is 17.0 Å². The minimum Gasteiger partial charge on any atom is -0.265 e. The van der Waals surface area contributed by atoms with Crippen LogP contribution in [0.2, 0.25) is 0 Å². The summed E-state index contributed by atoms with van der Waals surface area (Å²) in [6.45, 7) is 3.97. The lowest BCUT2D eigenvalue weighted by Crippen LogP contribution is -2.38. The minimum absolute atomic E-state index is 0.104. The molecule has 0 fully saturated rings. The van der Waals surface area contributed by atoms with Crippen molar-refractivity contribution < 1.29 is 9.18 Å². The lowest BCUT2D eigenvalue weighted by atomic mass is 9.93. The van der Waals surface area contributed by atoms with Gasteiger partial charge < -0.3 is 0 Å². The number of carbonyl (C=O) groups excluding carboxylic acids is 1. The Morgan fingerprint density at radius 3 is 2.68 bits per heavy atom. The number of hydrogen-bond donors (Lipinski definition) is 0. The van der Waals surface area contributed by atoms with Gasteiger partial charge in [0.15, 0.2) is 0 Å². The van der Waals surface area contributed by atoms with Crippen molar-refractivity contribution in [2.45, 2.75) is 0 Å². The number of carbonyl (C=O) groups is 1. The third-order valence-corrected chi connectivity index (χ3v) is 3.15. The fourth-order valence-electron chi connectivity index (χ4n) is 2.21. The van der Waals surface area contributed by atoms with Crippen LogP contribution >= 0.6 is 0 Å². The summed E-state index contributed by atoms with van der Waals surface area (Å²) < 4.78 is 12.9. The van der Waals surface area contributed by atoms with Gasteiger partial charge in [-0.15, -0.1) is 0 Å². The SMILES string of the molecule is C=C1C2C=CC=CC2=NC(=O)N1c1ccc(F)cc1. The summed E-state index contributed by atoms with van der Waals surface area (Å²) >= 11 is 0. The van der Waals surface area contributed by atoms with Gasteiger partial charge in [0.1, 0.15) is 5.82 Å². The second kappa shape index (κ2) is 4.31. The smallest absolute Gasteiger partial charge is 0.265 e. The molecule has 3 rings (SSSR count). The number of urea groups is 1. The molecular formula is C15H11FN2O. The van der Waals surface area contributed by atoms with Gasteiger partial charge in [0.2, 0.25) is 0 Å². The molecule has 94 valence electrons. The predicted octanol–water partition coefficient (Wildman–Crippen LogP) is 3.46. The molecule has 1 aromatic carbocycles. The summed E-state index contributed by atoms with van der Waals surface area (Å²) in [6, 6.07) is 5.31. The zero-order valence-electron chi connectivity index (χ0n) is 10.1. The Morgan fingerprint density at radius 2 is 1.95 bits per heavy atom. The Hall–Kier alpha value is -2.49. The van der Waals surface area contributed by atoms with E-state index < -0.39 is 6.03 Å². The van der Waals surface area contributed by atoms with E-state index in [1.54, 1.807) is 18.2 Å². The molecule has 1 atom stereocenters. The molecular weight excluding hydrogens is 243 g/mol. The molecule has 1 unspecified atom stereocenters. The number of hydrogen-bond acceptors (Lipinski definition) is 1. The third-order valence-electron chi connectivity index (χ3n) is 3.15. The van der Waals surface area contributed by atoms with Gasteiger partial charge in [-0.3, -0.25) is 4.90 Å². The molecule has 0 aromatic heterocycles. The van der Waals surface area contributed by atoms with Crippen LogP contribution < -0.4 is 4.90 Å². The fraction of sp³-hybridized carbons (Fsp3) is 0.0667. The number of aliphatic imine (C=N–C) groups is 1. The maximum absolute atomic E-state index is 12.9. The van der Waals surface area contributed by atoms with E-state index in [4.69, 9.17) is 0 Å². The highest BCUT2D eigenvalue weighted by Crippen LogP contribution is 2.31. The Morgan fingerprint density at radius 1 is 1.21 bits per heavy atom. The number of rotatable bonds is 1. The van der Waals surface area contributed by atoms with Gasteiger partial charge in [0.25, 0.3) is 0 Å². The quantitative estimate of drug-likeness (QED) is 0.755. The molecule has 0 spiro atoms. The van der Waals surface area contributed by atoms with E-state index in [-0.39, 0.29) is 11.7 Å². The predicted molar refractivity (Wildman–Crippen MR) is 72.6 cm³/mol.